The number of hydrogen-bond acceptors (Lipinski definition) is 4. The van der Waals surface area contributed by atoms with Gasteiger partial charge in [0.15, 0.2) is 0 Å². The van der Waals surface area contributed by atoms with Crippen LogP contribution in [0.15, 0.2) is 29.2 Å². The van der Waals surface area contributed by atoms with Crippen LogP contribution in [-0.2, 0) is 14.8 Å². The Balaban J connectivity index is 1.54. The topological polar surface area (TPSA) is 95.6 Å². The minimum atomic E-state index is -3.51. The molecule has 2 aliphatic rings. The number of rotatable bonds is 6. The predicted molar refractivity (Wildman–Crippen MR) is 102 cm³/mol. The summed E-state index contributed by atoms with van der Waals surface area (Å²) in [5.41, 5.74) is 0.335. The predicted octanol–water partition coefficient (Wildman–Crippen LogP) is 1.65. The van der Waals surface area contributed by atoms with Crippen molar-refractivity contribution in [2.45, 2.75) is 55.9 Å². The molecule has 1 aromatic rings. The number of benzene rings is 1. The van der Waals surface area contributed by atoms with Crippen molar-refractivity contribution in [1.29, 1.82) is 0 Å². The Morgan fingerprint density at radius 1 is 0.963 bits per heavy atom. The molecule has 2 N–H and O–H groups in total. The average Bonchev–Trinajstić information content (AvgIpc) is 3.20. The molecule has 3 rings (SSSR count). The summed E-state index contributed by atoms with van der Waals surface area (Å²) in [5.74, 6) is -0.585. The van der Waals surface area contributed by atoms with E-state index in [9.17, 15) is 18.0 Å². The fourth-order valence-corrected chi connectivity index (χ4v) is 5.16. The molecule has 1 aliphatic heterocycles. The molecule has 0 unspecified atom stereocenters. The van der Waals surface area contributed by atoms with Crippen molar-refractivity contribution in [2.75, 3.05) is 19.6 Å². The van der Waals surface area contributed by atoms with Crippen LogP contribution in [0, 0.1) is 0 Å². The molecule has 1 saturated heterocycles. The van der Waals surface area contributed by atoms with E-state index in [-0.39, 0.29) is 23.4 Å². The number of carbonyl (C=O) groups is 2. The van der Waals surface area contributed by atoms with Crippen LogP contribution in [0.1, 0.15) is 55.3 Å². The molecule has 1 aromatic carbocycles. The van der Waals surface area contributed by atoms with Gasteiger partial charge in [-0.3, -0.25) is 9.59 Å². The molecule has 1 heterocycles. The molecule has 1 saturated carbocycles. The van der Waals surface area contributed by atoms with Gasteiger partial charge in [-0.2, -0.15) is 4.31 Å². The van der Waals surface area contributed by atoms with Gasteiger partial charge in [0, 0.05) is 24.7 Å². The number of nitrogens with zero attached hydrogens (tertiary/aromatic N) is 1. The third-order valence-corrected chi connectivity index (χ3v) is 7.11. The molecule has 2 fully saturated rings. The number of nitrogens with one attached hydrogen (secondary N) is 2. The first-order chi connectivity index (χ1) is 13.0. The third-order valence-electron chi connectivity index (χ3n) is 5.20. The van der Waals surface area contributed by atoms with E-state index in [1.807, 2.05) is 0 Å². The van der Waals surface area contributed by atoms with Crippen LogP contribution >= 0.6 is 0 Å². The Labute approximate surface area is 160 Å². The van der Waals surface area contributed by atoms with E-state index in [2.05, 4.69) is 10.6 Å². The number of hydrogen-bond donors (Lipinski definition) is 2. The number of sulfonamides is 1. The third kappa shape index (κ3) is 5.07. The van der Waals surface area contributed by atoms with E-state index in [0.29, 0.717) is 18.7 Å². The lowest BCUT2D eigenvalue weighted by molar-refractivity contribution is -0.120. The van der Waals surface area contributed by atoms with Crippen LogP contribution in [0.3, 0.4) is 0 Å². The van der Waals surface area contributed by atoms with Gasteiger partial charge in [-0.15, -0.1) is 0 Å². The highest BCUT2D eigenvalue weighted by atomic mass is 32.2. The van der Waals surface area contributed by atoms with Gasteiger partial charge in [-0.05, 0) is 49.9 Å². The molecule has 0 radical (unpaired) electrons. The second kappa shape index (κ2) is 8.84. The normalized spacial score (nSPS) is 19.0. The molecule has 1 aliphatic carbocycles. The molecule has 2 amide bonds. The minimum Gasteiger partial charge on any atom is -0.352 e. The first kappa shape index (κ1) is 19.8. The molecule has 8 heteroatoms. The SMILES string of the molecule is O=C(CNC(=O)c1ccc(S(=O)(=O)N2CCCCC2)cc1)NC1CCCC1. The maximum atomic E-state index is 12.6. The Kier molecular flexibility index (Phi) is 6.49. The van der Waals surface area contributed by atoms with Crippen molar-refractivity contribution < 1.29 is 18.0 Å². The van der Waals surface area contributed by atoms with Gasteiger partial charge < -0.3 is 10.6 Å². The molecule has 27 heavy (non-hydrogen) atoms. The molecule has 7 nitrogen and oxygen atoms in total. The van der Waals surface area contributed by atoms with Crippen molar-refractivity contribution in [2.24, 2.45) is 0 Å². The van der Waals surface area contributed by atoms with Crippen LogP contribution in [0.25, 0.3) is 0 Å². The van der Waals surface area contributed by atoms with Crippen molar-refractivity contribution >= 4 is 21.8 Å². The van der Waals surface area contributed by atoms with Gasteiger partial charge >= 0.3 is 0 Å². The summed E-state index contributed by atoms with van der Waals surface area (Å²) in [4.78, 5) is 24.3. The summed E-state index contributed by atoms with van der Waals surface area (Å²) in [6, 6.07) is 6.10. The zero-order valence-corrected chi connectivity index (χ0v) is 16.3. The monoisotopic (exact) mass is 393 g/mol. The minimum absolute atomic E-state index is 0.0802. The maximum absolute atomic E-state index is 12.6. The molecular formula is C19H27N3O4S. The summed E-state index contributed by atoms with van der Waals surface area (Å²) in [5, 5.41) is 5.50. The lowest BCUT2D eigenvalue weighted by Gasteiger charge is -2.25. The van der Waals surface area contributed by atoms with Crippen molar-refractivity contribution in [3.05, 3.63) is 29.8 Å². The van der Waals surface area contributed by atoms with Gasteiger partial charge in [-0.1, -0.05) is 19.3 Å². The molecular weight excluding hydrogens is 366 g/mol. The average molecular weight is 394 g/mol. The molecule has 148 valence electrons. The largest absolute Gasteiger partial charge is 0.352 e. The van der Waals surface area contributed by atoms with E-state index in [4.69, 9.17) is 0 Å². The van der Waals surface area contributed by atoms with Crippen LogP contribution in [0.5, 0.6) is 0 Å². The standard InChI is InChI=1S/C19H27N3O4S/c23-18(21-16-6-2-3-7-16)14-20-19(24)15-8-10-17(11-9-15)27(25,26)22-12-4-1-5-13-22/h8-11,16H,1-7,12-14H2,(H,20,24)(H,21,23). The van der Waals surface area contributed by atoms with Gasteiger partial charge in [0.1, 0.15) is 0 Å². The lowest BCUT2D eigenvalue weighted by atomic mass is 10.2. The smallest absolute Gasteiger partial charge is 0.251 e. The fraction of sp³-hybridized carbons (Fsp3) is 0.579. The highest BCUT2D eigenvalue weighted by molar-refractivity contribution is 7.89. The second-order valence-electron chi connectivity index (χ2n) is 7.22. The van der Waals surface area contributed by atoms with Gasteiger partial charge in [0.05, 0.1) is 11.4 Å². The van der Waals surface area contributed by atoms with E-state index in [0.717, 1.165) is 44.9 Å². The molecule has 0 spiro atoms. The first-order valence-electron chi connectivity index (χ1n) is 9.64. The van der Waals surface area contributed by atoms with Crippen LogP contribution in [0.4, 0.5) is 0 Å². The highest BCUT2D eigenvalue weighted by Crippen LogP contribution is 2.21. The summed E-state index contributed by atoms with van der Waals surface area (Å²) in [6.07, 6.45) is 7.05. The van der Waals surface area contributed by atoms with E-state index in [1.165, 1.54) is 28.6 Å². The van der Waals surface area contributed by atoms with E-state index < -0.39 is 15.9 Å². The molecule has 0 bridgehead atoms. The summed E-state index contributed by atoms with van der Waals surface area (Å²) in [6.45, 7) is 1.00. The zero-order valence-electron chi connectivity index (χ0n) is 15.4. The summed E-state index contributed by atoms with van der Waals surface area (Å²) in [7, 11) is -3.51. The van der Waals surface area contributed by atoms with Crippen molar-refractivity contribution in [3.63, 3.8) is 0 Å². The van der Waals surface area contributed by atoms with Crippen LogP contribution in [0.2, 0.25) is 0 Å². The maximum Gasteiger partial charge on any atom is 0.251 e. The Morgan fingerprint density at radius 3 is 2.22 bits per heavy atom. The van der Waals surface area contributed by atoms with Gasteiger partial charge in [-0.25, -0.2) is 8.42 Å². The van der Waals surface area contributed by atoms with Crippen LogP contribution < -0.4 is 10.6 Å². The Bertz CT molecular complexity index is 765. The van der Waals surface area contributed by atoms with Crippen LogP contribution in [-0.4, -0.2) is 50.2 Å². The molecule has 0 aromatic heterocycles. The number of carbonyl (C=O) groups excluding carboxylic acids is 2. The molecule has 0 atom stereocenters. The van der Waals surface area contributed by atoms with Gasteiger partial charge in [0.25, 0.3) is 5.91 Å². The fourth-order valence-electron chi connectivity index (χ4n) is 3.64. The van der Waals surface area contributed by atoms with E-state index >= 15 is 0 Å². The van der Waals surface area contributed by atoms with Crippen molar-refractivity contribution in [3.8, 4) is 0 Å². The first-order valence-corrected chi connectivity index (χ1v) is 11.1. The number of amides is 2. The Morgan fingerprint density at radius 2 is 1.59 bits per heavy atom. The summed E-state index contributed by atoms with van der Waals surface area (Å²) >= 11 is 0. The van der Waals surface area contributed by atoms with Gasteiger partial charge in [0.2, 0.25) is 15.9 Å². The highest BCUT2D eigenvalue weighted by Gasteiger charge is 2.26. The lowest BCUT2D eigenvalue weighted by Crippen LogP contribution is -2.41. The zero-order chi connectivity index (χ0) is 19.3. The second-order valence-corrected chi connectivity index (χ2v) is 9.16. The Hall–Kier alpha value is -1.93. The number of piperidine rings is 1. The summed E-state index contributed by atoms with van der Waals surface area (Å²) < 4.78 is 26.7. The quantitative estimate of drug-likeness (QED) is 0.768. The van der Waals surface area contributed by atoms with Crippen molar-refractivity contribution in [1.82, 2.24) is 14.9 Å². The van der Waals surface area contributed by atoms with E-state index in [1.54, 1.807) is 0 Å².